The van der Waals surface area contributed by atoms with Gasteiger partial charge in [-0.15, -0.1) is 0 Å². The summed E-state index contributed by atoms with van der Waals surface area (Å²) in [5.41, 5.74) is 0.0732. The van der Waals surface area contributed by atoms with Crippen LogP contribution in [0.25, 0.3) is 0 Å². The summed E-state index contributed by atoms with van der Waals surface area (Å²) in [7, 11) is -8.23. The minimum Gasteiger partial charge on any atom is -0.481 e. The molecule has 0 aromatic heterocycles. The third-order valence-electron chi connectivity index (χ3n) is 5.60. The van der Waals surface area contributed by atoms with Gasteiger partial charge in [-0.25, -0.2) is 0 Å². The number of hydrogen-bond acceptors (Lipinski definition) is 4. The predicted octanol–water partition coefficient (Wildman–Crippen LogP) is 3.95. The van der Waals surface area contributed by atoms with Crippen molar-refractivity contribution in [3.05, 3.63) is 71.8 Å². The molecule has 0 aliphatic heterocycles. The second kappa shape index (κ2) is 12.3. The monoisotopic (exact) mass is 496 g/mol. The molecule has 2 rings (SSSR count). The molecular formula is C23H30O8P2. The summed E-state index contributed by atoms with van der Waals surface area (Å²) in [6.45, 7) is 0. The maximum absolute atomic E-state index is 13.3. The molecule has 0 saturated carbocycles. The number of aliphatic carboxylic acids is 2. The van der Waals surface area contributed by atoms with Gasteiger partial charge in [0.05, 0.1) is 11.6 Å². The first-order valence-electron chi connectivity index (χ1n) is 10.6. The Hall–Kier alpha value is -2.24. The molecule has 10 heteroatoms. The number of aryl methyl sites for hydroxylation is 2. The highest BCUT2D eigenvalue weighted by Crippen LogP contribution is 2.57. The Morgan fingerprint density at radius 3 is 1.73 bits per heavy atom. The predicted molar refractivity (Wildman–Crippen MR) is 126 cm³/mol. The smallest absolute Gasteiger partial charge is 0.307 e. The molecular weight excluding hydrogens is 466 g/mol. The zero-order valence-electron chi connectivity index (χ0n) is 18.2. The van der Waals surface area contributed by atoms with E-state index in [1.54, 1.807) is 54.6 Å². The van der Waals surface area contributed by atoms with E-state index in [0.717, 1.165) is 11.1 Å². The van der Waals surface area contributed by atoms with E-state index in [1.807, 2.05) is 6.07 Å². The minimum atomic E-state index is -4.24. The molecule has 180 valence electrons. The molecule has 0 heterocycles. The van der Waals surface area contributed by atoms with E-state index in [4.69, 9.17) is 5.11 Å². The first-order chi connectivity index (χ1) is 15.5. The Morgan fingerprint density at radius 2 is 1.27 bits per heavy atom. The normalized spacial score (nSPS) is 16.8. The van der Waals surface area contributed by atoms with Gasteiger partial charge in [0, 0.05) is 24.9 Å². The Kier molecular flexibility index (Phi) is 10.1. The van der Waals surface area contributed by atoms with Crippen LogP contribution in [0.4, 0.5) is 0 Å². The molecule has 2 aromatic rings. The van der Waals surface area contributed by atoms with E-state index < -0.39 is 57.3 Å². The van der Waals surface area contributed by atoms with Crippen LogP contribution in [0.3, 0.4) is 0 Å². The van der Waals surface area contributed by atoms with Crippen LogP contribution in [0.15, 0.2) is 60.7 Å². The van der Waals surface area contributed by atoms with Gasteiger partial charge < -0.3 is 20.0 Å². The molecule has 4 atom stereocenters. The molecule has 8 nitrogen and oxygen atoms in total. The zero-order chi connectivity index (χ0) is 24.5. The van der Waals surface area contributed by atoms with Crippen LogP contribution in [-0.4, -0.2) is 56.1 Å². The highest BCUT2D eigenvalue weighted by Gasteiger charge is 2.44. The fraction of sp³-hybridized carbons (Fsp3) is 0.391. The fourth-order valence-electron chi connectivity index (χ4n) is 3.73. The number of carboxylic acid groups (broad SMARTS) is 2. The van der Waals surface area contributed by atoms with Crippen LogP contribution in [0, 0.1) is 5.92 Å². The molecule has 0 aliphatic rings. The molecule has 0 aliphatic carbocycles. The van der Waals surface area contributed by atoms with Crippen molar-refractivity contribution in [2.75, 3.05) is 18.5 Å². The van der Waals surface area contributed by atoms with Crippen molar-refractivity contribution < 1.29 is 38.7 Å². The highest BCUT2D eigenvalue weighted by molar-refractivity contribution is 7.62. The van der Waals surface area contributed by atoms with Gasteiger partial charge in [0.15, 0.2) is 0 Å². The standard InChI is InChI=1S/C23H30O8P2/c24-22(25)12-11-20(23(26)27)21(33(30,31)16-14-19-9-5-2-6-10-19)17-32(28,29)15-13-18-7-3-1-4-8-18/h1-10,20-21H,11-17H2,(H,24,25)(H,26,27)(H,28,29)(H,30,31). The molecule has 4 N–H and O–H groups in total. The van der Waals surface area contributed by atoms with Crippen molar-refractivity contribution in [2.45, 2.75) is 31.3 Å². The topological polar surface area (TPSA) is 149 Å². The van der Waals surface area contributed by atoms with E-state index in [-0.39, 0.29) is 25.2 Å². The minimum absolute atomic E-state index is 0.169. The van der Waals surface area contributed by atoms with Crippen molar-refractivity contribution in [2.24, 2.45) is 5.92 Å². The summed E-state index contributed by atoms with van der Waals surface area (Å²) >= 11 is 0. The Balaban J connectivity index is 2.25. The quantitative estimate of drug-likeness (QED) is 0.287. The van der Waals surface area contributed by atoms with Gasteiger partial charge in [-0.1, -0.05) is 60.7 Å². The number of rotatable bonds is 14. The number of carbonyl (C=O) groups is 2. The molecule has 4 unspecified atom stereocenters. The van der Waals surface area contributed by atoms with Crippen molar-refractivity contribution in [3.8, 4) is 0 Å². The summed E-state index contributed by atoms with van der Waals surface area (Å²) in [6.07, 6.45) is -1.56. The van der Waals surface area contributed by atoms with E-state index >= 15 is 0 Å². The van der Waals surface area contributed by atoms with Gasteiger partial charge in [0.1, 0.15) is 0 Å². The summed E-state index contributed by atoms with van der Waals surface area (Å²) in [5, 5.41) is 18.7. The van der Waals surface area contributed by atoms with Crippen molar-refractivity contribution in [3.63, 3.8) is 0 Å². The maximum atomic E-state index is 13.3. The third-order valence-corrected chi connectivity index (χ3v) is 10.2. The van der Waals surface area contributed by atoms with E-state index in [0.29, 0.717) is 0 Å². The Labute approximate surface area is 193 Å². The van der Waals surface area contributed by atoms with Crippen molar-refractivity contribution in [1.29, 1.82) is 0 Å². The Bertz CT molecular complexity index is 1010. The summed E-state index contributed by atoms with van der Waals surface area (Å²) in [5.74, 6) is -4.21. The molecule has 0 fully saturated rings. The molecule has 33 heavy (non-hydrogen) atoms. The van der Waals surface area contributed by atoms with Gasteiger partial charge in [0.25, 0.3) is 0 Å². The molecule has 0 saturated heterocycles. The van der Waals surface area contributed by atoms with E-state index in [9.17, 15) is 33.6 Å². The number of hydrogen-bond donors (Lipinski definition) is 4. The number of carboxylic acids is 2. The first kappa shape index (κ1) is 27.0. The van der Waals surface area contributed by atoms with Crippen LogP contribution >= 0.6 is 14.7 Å². The van der Waals surface area contributed by atoms with Gasteiger partial charge >= 0.3 is 11.9 Å². The van der Waals surface area contributed by atoms with Crippen molar-refractivity contribution in [1.82, 2.24) is 0 Å². The van der Waals surface area contributed by atoms with Gasteiger partial charge in [-0.2, -0.15) is 0 Å². The van der Waals surface area contributed by atoms with Crippen LogP contribution in [0.2, 0.25) is 0 Å². The maximum Gasteiger partial charge on any atom is 0.307 e. The Morgan fingerprint density at radius 1 is 0.788 bits per heavy atom. The molecule has 2 aromatic carbocycles. The lowest BCUT2D eigenvalue weighted by atomic mass is 10.00. The molecule has 0 radical (unpaired) electrons. The average molecular weight is 496 g/mol. The van der Waals surface area contributed by atoms with Crippen LogP contribution in [0.5, 0.6) is 0 Å². The average Bonchev–Trinajstić information content (AvgIpc) is 2.77. The van der Waals surface area contributed by atoms with Gasteiger partial charge in [-0.05, 0) is 30.4 Å². The summed E-state index contributed by atoms with van der Waals surface area (Å²) in [6, 6.07) is 17.9. The lowest BCUT2D eigenvalue weighted by molar-refractivity contribution is -0.142. The lowest BCUT2D eigenvalue weighted by Crippen LogP contribution is -2.33. The van der Waals surface area contributed by atoms with Crippen LogP contribution < -0.4 is 0 Å². The molecule has 0 bridgehead atoms. The first-order valence-corrected chi connectivity index (χ1v) is 14.6. The van der Waals surface area contributed by atoms with Crippen LogP contribution in [0.1, 0.15) is 24.0 Å². The number of benzene rings is 2. The van der Waals surface area contributed by atoms with E-state index in [2.05, 4.69) is 0 Å². The zero-order valence-corrected chi connectivity index (χ0v) is 20.0. The molecule has 0 spiro atoms. The summed E-state index contributed by atoms with van der Waals surface area (Å²) in [4.78, 5) is 44.5. The fourth-order valence-corrected chi connectivity index (χ4v) is 8.89. The largest absolute Gasteiger partial charge is 0.481 e. The summed E-state index contributed by atoms with van der Waals surface area (Å²) < 4.78 is 26.3. The third kappa shape index (κ3) is 9.26. The second-order valence-corrected chi connectivity index (χ2v) is 13.3. The van der Waals surface area contributed by atoms with Crippen LogP contribution in [-0.2, 0) is 31.6 Å². The highest BCUT2D eigenvalue weighted by atomic mass is 31.2. The van der Waals surface area contributed by atoms with E-state index in [1.165, 1.54) is 0 Å². The van der Waals surface area contributed by atoms with Crippen molar-refractivity contribution >= 4 is 26.7 Å². The second-order valence-electron chi connectivity index (χ2n) is 8.15. The van der Waals surface area contributed by atoms with Gasteiger partial charge in [-0.3, -0.25) is 18.7 Å². The SMILES string of the molecule is O=C(O)CCC(C(=O)O)C(CP(=O)(O)CCc1ccccc1)P(=O)(O)CCc1ccccc1. The molecule has 0 amide bonds. The van der Waals surface area contributed by atoms with Gasteiger partial charge in [0.2, 0.25) is 14.7 Å². The lowest BCUT2D eigenvalue weighted by Gasteiger charge is -2.30.